The molecule has 12 nitrogen and oxygen atoms in total. The van der Waals surface area contributed by atoms with Gasteiger partial charge in [-0.1, -0.05) is 0 Å². The van der Waals surface area contributed by atoms with Gasteiger partial charge in [-0.25, -0.2) is 26.5 Å². The maximum Gasteiger partial charge on any atom is 2.00 e. The molecule has 53 heavy (non-hydrogen) atoms. The molecule has 0 aromatic rings. The Morgan fingerprint density at radius 2 is 0.321 bits per heavy atom. The Bertz CT molecular complexity index is 767. The van der Waals surface area contributed by atoms with Gasteiger partial charge in [0, 0.05) is 183 Å². The Kier molecular flexibility index (Phi) is 32.2. The van der Waals surface area contributed by atoms with Crippen LogP contribution in [0.4, 0.5) is 0 Å². The van der Waals surface area contributed by atoms with Crippen LogP contribution in [0.5, 0.6) is 0 Å². The van der Waals surface area contributed by atoms with Crippen molar-refractivity contribution in [2.45, 2.75) is 12.8 Å². The second kappa shape index (κ2) is 31.7. The second-order valence-electron chi connectivity index (χ2n) is 14.2. The third-order valence-corrected chi connectivity index (χ3v) is 12.6. The molecule has 6 rings (SSSR count). The van der Waals surface area contributed by atoms with Gasteiger partial charge in [-0.2, -0.15) is 0 Å². The predicted octanol–water partition coefficient (Wildman–Crippen LogP) is 2.36. The van der Waals surface area contributed by atoms with Crippen LogP contribution in [-0.4, -0.2) is 252 Å². The van der Waals surface area contributed by atoms with Crippen LogP contribution in [0.25, 0.3) is 0 Å². The van der Waals surface area contributed by atoms with Gasteiger partial charge in [0.2, 0.25) is 0 Å². The molecule has 0 aromatic carbocycles. The number of fused-ring (bicyclic) bond motifs is 9. The van der Waals surface area contributed by atoms with E-state index >= 15 is 0 Å². The molecule has 311 valence electrons. The first-order valence-corrected chi connectivity index (χ1v) is 21.0. The van der Waals surface area contributed by atoms with Gasteiger partial charge in [0.25, 0.3) is 0 Å². The van der Waals surface area contributed by atoms with Crippen LogP contribution in [0.3, 0.4) is 0 Å². The minimum absolute atomic E-state index is 0. The Balaban J connectivity index is 0.000000387. The predicted molar refractivity (Wildman–Crippen MR) is 212 cm³/mol. The van der Waals surface area contributed by atoms with Crippen LogP contribution >= 0.6 is 70.7 Å². The average Bonchev–Trinajstić information content (AvgIpc) is 3.35. The van der Waals surface area contributed by atoms with Crippen molar-refractivity contribution in [1.82, 2.24) is 55.9 Å². The zero-order chi connectivity index (χ0) is 35.6. The van der Waals surface area contributed by atoms with Gasteiger partial charge in [0.05, 0.1) is 0 Å². The minimum atomic E-state index is 0. The molecule has 0 aliphatic carbocycles. The molecule has 0 saturated carbocycles. The van der Waals surface area contributed by atoms with E-state index < -0.39 is 0 Å². The van der Waals surface area contributed by atoms with E-state index in [0.29, 0.717) is 0 Å². The third kappa shape index (κ3) is 24.0. The van der Waals surface area contributed by atoms with Crippen molar-refractivity contribution < 1.29 is 51.2 Å². The van der Waals surface area contributed by atoms with Crippen molar-refractivity contribution in [2.75, 3.05) is 196 Å². The van der Waals surface area contributed by atoms with Crippen LogP contribution in [-0.2, 0) is 51.2 Å². The summed E-state index contributed by atoms with van der Waals surface area (Å²) in [5.74, 6) is 0. The molecule has 6 fully saturated rings. The molecule has 2 atom stereocenters. The Morgan fingerprint density at radius 1 is 0.189 bits per heavy atom. The van der Waals surface area contributed by atoms with Crippen molar-refractivity contribution in [3.63, 3.8) is 0 Å². The summed E-state index contributed by atoms with van der Waals surface area (Å²) in [7, 11) is 0. The van der Waals surface area contributed by atoms with E-state index in [-0.39, 0.29) is 51.2 Å². The molecule has 0 N–H and O–H groups in total. The van der Waals surface area contributed by atoms with E-state index in [2.05, 4.69) is 29.4 Å². The van der Waals surface area contributed by atoms with Crippen molar-refractivity contribution in [2.24, 2.45) is 0 Å². The summed E-state index contributed by atoms with van der Waals surface area (Å²) in [5, 5.41) is 0. The first kappa shape index (κ1) is 53.8. The van der Waals surface area contributed by atoms with E-state index in [1.54, 1.807) is 0 Å². The molecular formula is C32H64Cl6Fe2MnN12+6. The summed E-state index contributed by atoms with van der Waals surface area (Å²) >= 11 is 37.0. The van der Waals surface area contributed by atoms with Gasteiger partial charge < -0.3 is 9.80 Å². The molecule has 6 aliphatic rings. The SMILES string of the molecule is ClN1CCCN2CCN(Cl)CCCN(CC1)CC2.ClN1CCN2CCN(Cl)CCN(CC1)CC2.ClN1CCN2CCN(Cl)CCN(CC1)CC2.[Fe+2].[Fe+2].[Mn+2]. The van der Waals surface area contributed by atoms with Crippen molar-refractivity contribution in [1.29, 1.82) is 0 Å². The summed E-state index contributed by atoms with van der Waals surface area (Å²) in [6.45, 7) is 31.0. The maximum atomic E-state index is 6.21. The van der Waals surface area contributed by atoms with Crippen LogP contribution in [0.15, 0.2) is 0 Å². The van der Waals surface area contributed by atoms with E-state index in [1.807, 2.05) is 26.5 Å². The van der Waals surface area contributed by atoms with Gasteiger partial charge in [-0.15, -0.1) is 0 Å². The van der Waals surface area contributed by atoms with Gasteiger partial charge in [0.1, 0.15) is 0 Å². The zero-order valence-corrected chi connectivity index (χ0v) is 39.3. The van der Waals surface area contributed by atoms with Crippen LogP contribution < -0.4 is 0 Å². The first-order chi connectivity index (χ1) is 24.2. The van der Waals surface area contributed by atoms with E-state index in [9.17, 15) is 0 Å². The Labute approximate surface area is 383 Å². The molecule has 0 spiro atoms. The van der Waals surface area contributed by atoms with Gasteiger partial charge in [-0.05, 0) is 96.6 Å². The van der Waals surface area contributed by atoms with E-state index in [0.717, 1.165) is 209 Å². The molecule has 0 aromatic heterocycles. The zero-order valence-electron chi connectivity index (χ0n) is 31.3. The summed E-state index contributed by atoms with van der Waals surface area (Å²) in [6.07, 6.45) is 2.29. The number of nitrogens with zero attached hydrogens (tertiary/aromatic N) is 12. The number of halogens is 6. The van der Waals surface area contributed by atoms with Gasteiger partial charge in [0.15, 0.2) is 0 Å². The first-order valence-electron chi connectivity index (χ1n) is 19.0. The van der Waals surface area contributed by atoms with E-state index in [1.165, 1.54) is 0 Å². The smallest absolute Gasteiger partial charge is 0.301 e. The molecule has 6 bridgehead atoms. The maximum absolute atomic E-state index is 6.21. The van der Waals surface area contributed by atoms with Crippen molar-refractivity contribution in [3.05, 3.63) is 0 Å². The molecule has 21 heteroatoms. The topological polar surface area (TPSA) is 38.9 Å². The van der Waals surface area contributed by atoms with E-state index in [4.69, 9.17) is 70.7 Å². The second-order valence-corrected chi connectivity index (χ2v) is 17.1. The number of rotatable bonds is 0. The van der Waals surface area contributed by atoms with Crippen molar-refractivity contribution >= 4 is 70.7 Å². The fraction of sp³-hybridized carbons (Fsp3) is 1.00. The van der Waals surface area contributed by atoms with Crippen LogP contribution in [0.2, 0.25) is 0 Å². The van der Waals surface area contributed by atoms with Crippen LogP contribution in [0, 0.1) is 0 Å². The standard InChI is InChI=1S/C12H24Cl2N4.2C10H20Cl2N4.2Fe.Mn/c13-17-5-1-3-15-7-8-16(10-11-17)4-2-6-18(14)12-9-15;2*11-15-7-3-13-1-2-14(5-9-15)6-10-16(12)8-4-13;;;/h1-12H2;2*1-10H2;;;/q;;;3*+2. The number of hydrogen-bond acceptors (Lipinski definition) is 12. The number of hydrogen-bond donors (Lipinski definition) is 0. The van der Waals surface area contributed by atoms with Gasteiger partial charge in [-0.3, -0.25) is 19.6 Å². The quantitative estimate of drug-likeness (QED) is 0.265. The van der Waals surface area contributed by atoms with Crippen molar-refractivity contribution in [3.8, 4) is 0 Å². The minimum Gasteiger partial charge on any atom is -0.301 e. The molecule has 1 radical (unpaired) electrons. The molecule has 6 aliphatic heterocycles. The summed E-state index contributed by atoms with van der Waals surface area (Å²) in [6, 6.07) is 0. The summed E-state index contributed by atoms with van der Waals surface area (Å²) in [5.41, 5.74) is 0. The fourth-order valence-electron chi connectivity index (χ4n) is 6.96. The monoisotopic (exact) mass is 993 g/mol. The Morgan fingerprint density at radius 3 is 0.509 bits per heavy atom. The Hall–Kier alpha value is 2.82. The molecule has 2 unspecified atom stereocenters. The summed E-state index contributed by atoms with van der Waals surface area (Å²) in [4.78, 5) is 14.8. The third-order valence-electron chi connectivity index (χ3n) is 10.5. The molecule has 6 saturated heterocycles. The summed E-state index contributed by atoms with van der Waals surface area (Å²) < 4.78 is 11.5. The van der Waals surface area contributed by atoms with Gasteiger partial charge >= 0.3 is 51.2 Å². The molecular weight excluding hydrogens is 932 g/mol. The van der Waals surface area contributed by atoms with Crippen LogP contribution in [0.1, 0.15) is 12.8 Å². The average molecular weight is 996 g/mol. The normalized spacial score (nSPS) is 33.2. The molecule has 6 heterocycles. The fourth-order valence-corrected chi connectivity index (χ4v) is 7.96. The molecule has 0 amide bonds. The largest absolute Gasteiger partial charge is 2.00 e.